The zero-order valence-corrected chi connectivity index (χ0v) is 9.85. The fourth-order valence-corrected chi connectivity index (χ4v) is 1.78. The molecular formula is C11H15N5O2. The summed E-state index contributed by atoms with van der Waals surface area (Å²) in [5.41, 5.74) is 2.66. The largest absolute Gasteiger partial charge is 0.354 e. The van der Waals surface area contributed by atoms with Crippen LogP contribution in [0, 0.1) is 0 Å². The van der Waals surface area contributed by atoms with Gasteiger partial charge in [0.05, 0.1) is 6.54 Å². The molecule has 2 amide bonds. The Morgan fingerprint density at radius 3 is 3.11 bits per heavy atom. The normalized spacial score (nSPS) is 15.8. The highest BCUT2D eigenvalue weighted by Crippen LogP contribution is 2.08. The molecule has 0 saturated carbocycles. The van der Waals surface area contributed by atoms with Crippen LogP contribution in [0.5, 0.6) is 0 Å². The van der Waals surface area contributed by atoms with Crippen molar-refractivity contribution in [2.75, 3.05) is 25.1 Å². The third-order valence-corrected chi connectivity index (χ3v) is 2.66. The molecule has 1 aliphatic heterocycles. The van der Waals surface area contributed by atoms with Crippen LogP contribution in [-0.2, 0) is 4.79 Å². The predicted molar refractivity (Wildman–Crippen MR) is 65.6 cm³/mol. The number of aromatic nitrogens is 1. The van der Waals surface area contributed by atoms with E-state index in [1.54, 1.807) is 18.2 Å². The van der Waals surface area contributed by atoms with E-state index in [-0.39, 0.29) is 24.1 Å². The minimum absolute atomic E-state index is 0.0702. The van der Waals surface area contributed by atoms with E-state index in [1.807, 2.05) is 0 Å². The summed E-state index contributed by atoms with van der Waals surface area (Å²) >= 11 is 0. The van der Waals surface area contributed by atoms with Crippen LogP contribution in [0.15, 0.2) is 18.2 Å². The molecule has 7 heteroatoms. The van der Waals surface area contributed by atoms with Crippen molar-refractivity contribution >= 4 is 17.6 Å². The van der Waals surface area contributed by atoms with Gasteiger partial charge in [-0.2, -0.15) is 0 Å². The van der Waals surface area contributed by atoms with E-state index in [4.69, 9.17) is 5.84 Å². The van der Waals surface area contributed by atoms with Gasteiger partial charge in [-0.3, -0.25) is 9.59 Å². The second-order valence-corrected chi connectivity index (χ2v) is 3.98. The number of amides is 2. The second-order valence-electron chi connectivity index (χ2n) is 3.98. The van der Waals surface area contributed by atoms with Gasteiger partial charge in [0.1, 0.15) is 11.5 Å². The van der Waals surface area contributed by atoms with Gasteiger partial charge in [-0.25, -0.2) is 10.8 Å². The third kappa shape index (κ3) is 2.75. The molecule has 0 bridgehead atoms. The summed E-state index contributed by atoms with van der Waals surface area (Å²) in [5.74, 6) is 5.26. The minimum Gasteiger partial charge on any atom is -0.354 e. The van der Waals surface area contributed by atoms with Gasteiger partial charge < -0.3 is 15.6 Å². The maximum absolute atomic E-state index is 12.2. The predicted octanol–water partition coefficient (Wildman–Crippen LogP) is -0.671. The number of hydrazine groups is 1. The molecule has 0 aromatic carbocycles. The first-order chi connectivity index (χ1) is 8.70. The zero-order valence-electron chi connectivity index (χ0n) is 9.85. The van der Waals surface area contributed by atoms with E-state index in [2.05, 4.69) is 15.7 Å². The number of pyridine rings is 1. The lowest BCUT2D eigenvalue weighted by molar-refractivity contribution is -0.121. The Morgan fingerprint density at radius 1 is 1.50 bits per heavy atom. The lowest BCUT2D eigenvalue weighted by atomic mass is 10.3. The number of nitrogens with zero attached hydrogens (tertiary/aromatic N) is 2. The van der Waals surface area contributed by atoms with E-state index in [0.717, 1.165) is 6.42 Å². The molecule has 18 heavy (non-hydrogen) atoms. The third-order valence-electron chi connectivity index (χ3n) is 2.66. The first kappa shape index (κ1) is 12.3. The number of rotatable bonds is 2. The summed E-state index contributed by atoms with van der Waals surface area (Å²) in [7, 11) is 0. The van der Waals surface area contributed by atoms with Crippen LogP contribution in [0.1, 0.15) is 16.9 Å². The molecule has 1 saturated heterocycles. The number of hydrogen-bond acceptors (Lipinski definition) is 5. The second kappa shape index (κ2) is 5.46. The van der Waals surface area contributed by atoms with Gasteiger partial charge in [0.25, 0.3) is 5.91 Å². The van der Waals surface area contributed by atoms with Crippen molar-refractivity contribution in [1.29, 1.82) is 0 Å². The van der Waals surface area contributed by atoms with Gasteiger partial charge in [0.15, 0.2) is 0 Å². The van der Waals surface area contributed by atoms with Crippen molar-refractivity contribution in [3.05, 3.63) is 23.9 Å². The van der Waals surface area contributed by atoms with Crippen LogP contribution < -0.4 is 16.6 Å². The molecule has 1 aromatic rings. The summed E-state index contributed by atoms with van der Waals surface area (Å²) in [5, 5.41) is 2.72. The SMILES string of the molecule is NNc1cccc(C(=O)N2CCCNC(=O)C2)n1. The number of nitrogen functional groups attached to an aromatic ring is 1. The quantitative estimate of drug-likeness (QED) is 0.477. The number of anilines is 1. The molecule has 2 heterocycles. The summed E-state index contributed by atoms with van der Waals surface area (Å²) in [6, 6.07) is 4.95. The van der Waals surface area contributed by atoms with Crippen LogP contribution in [0.25, 0.3) is 0 Å². The number of nitrogens with one attached hydrogen (secondary N) is 2. The fourth-order valence-electron chi connectivity index (χ4n) is 1.78. The van der Waals surface area contributed by atoms with Crippen molar-refractivity contribution in [3.8, 4) is 0 Å². The molecule has 1 fully saturated rings. The summed E-state index contributed by atoms with van der Waals surface area (Å²) in [6.45, 7) is 1.21. The molecule has 0 aliphatic carbocycles. The average molecular weight is 249 g/mol. The first-order valence-electron chi connectivity index (χ1n) is 5.70. The zero-order chi connectivity index (χ0) is 13.0. The number of carbonyl (C=O) groups excluding carboxylic acids is 2. The number of carbonyl (C=O) groups is 2. The molecule has 4 N–H and O–H groups in total. The van der Waals surface area contributed by atoms with E-state index >= 15 is 0 Å². The van der Waals surface area contributed by atoms with Crippen LogP contribution in [0.4, 0.5) is 5.82 Å². The minimum atomic E-state index is -0.260. The first-order valence-corrected chi connectivity index (χ1v) is 5.70. The molecule has 7 nitrogen and oxygen atoms in total. The Bertz CT molecular complexity index is 463. The van der Waals surface area contributed by atoms with Gasteiger partial charge in [0.2, 0.25) is 5.91 Å². The highest BCUT2D eigenvalue weighted by atomic mass is 16.2. The smallest absolute Gasteiger partial charge is 0.273 e. The van der Waals surface area contributed by atoms with Crippen LogP contribution in [-0.4, -0.2) is 41.3 Å². The number of nitrogens with two attached hydrogens (primary N) is 1. The summed E-state index contributed by atoms with van der Waals surface area (Å²) < 4.78 is 0. The Labute approximate surface area is 104 Å². The Balaban J connectivity index is 2.16. The Morgan fingerprint density at radius 2 is 2.33 bits per heavy atom. The maximum Gasteiger partial charge on any atom is 0.273 e. The molecule has 0 spiro atoms. The summed E-state index contributed by atoms with van der Waals surface area (Å²) in [6.07, 6.45) is 0.742. The van der Waals surface area contributed by atoms with Crippen LogP contribution in [0.3, 0.4) is 0 Å². The Hall–Kier alpha value is -2.15. The van der Waals surface area contributed by atoms with Gasteiger partial charge in [0, 0.05) is 13.1 Å². The lowest BCUT2D eigenvalue weighted by Gasteiger charge is -2.18. The van der Waals surface area contributed by atoms with Crippen molar-refractivity contribution in [2.45, 2.75) is 6.42 Å². The van der Waals surface area contributed by atoms with Gasteiger partial charge in [-0.05, 0) is 18.6 Å². The van der Waals surface area contributed by atoms with Gasteiger partial charge in [-0.1, -0.05) is 6.07 Å². The molecule has 2 rings (SSSR count). The van der Waals surface area contributed by atoms with Gasteiger partial charge >= 0.3 is 0 Å². The molecule has 96 valence electrons. The van der Waals surface area contributed by atoms with Crippen molar-refractivity contribution < 1.29 is 9.59 Å². The van der Waals surface area contributed by atoms with E-state index in [1.165, 1.54) is 4.90 Å². The molecular weight excluding hydrogens is 234 g/mol. The lowest BCUT2D eigenvalue weighted by Crippen LogP contribution is -2.37. The molecule has 1 aliphatic rings. The van der Waals surface area contributed by atoms with E-state index < -0.39 is 0 Å². The Kier molecular flexibility index (Phi) is 3.73. The van der Waals surface area contributed by atoms with Gasteiger partial charge in [-0.15, -0.1) is 0 Å². The van der Waals surface area contributed by atoms with Crippen LogP contribution >= 0.6 is 0 Å². The topological polar surface area (TPSA) is 100 Å². The average Bonchev–Trinajstić information content (AvgIpc) is 2.62. The highest BCUT2D eigenvalue weighted by Gasteiger charge is 2.21. The fraction of sp³-hybridized carbons (Fsp3) is 0.364. The molecule has 1 aromatic heterocycles. The van der Waals surface area contributed by atoms with E-state index in [9.17, 15) is 9.59 Å². The number of hydrogen-bond donors (Lipinski definition) is 3. The molecule has 0 unspecified atom stereocenters. The maximum atomic E-state index is 12.2. The monoisotopic (exact) mass is 249 g/mol. The van der Waals surface area contributed by atoms with Crippen molar-refractivity contribution in [1.82, 2.24) is 15.2 Å². The van der Waals surface area contributed by atoms with Crippen molar-refractivity contribution in [3.63, 3.8) is 0 Å². The molecule has 0 atom stereocenters. The standard InChI is InChI=1S/C11H15N5O2/c12-15-9-4-1-3-8(14-9)11(18)16-6-2-5-13-10(17)7-16/h1,3-4H,2,5-7,12H2,(H,13,17)(H,14,15). The molecule has 0 radical (unpaired) electrons. The van der Waals surface area contributed by atoms with E-state index in [0.29, 0.717) is 18.9 Å². The van der Waals surface area contributed by atoms with Crippen LogP contribution in [0.2, 0.25) is 0 Å². The highest BCUT2D eigenvalue weighted by molar-refractivity contribution is 5.95. The van der Waals surface area contributed by atoms with Crippen molar-refractivity contribution in [2.24, 2.45) is 5.84 Å². The summed E-state index contributed by atoms with van der Waals surface area (Å²) in [4.78, 5) is 29.1.